The lowest BCUT2D eigenvalue weighted by molar-refractivity contribution is 0.397. The monoisotopic (exact) mass is 418 g/mol. The number of sulfonamides is 1. The second kappa shape index (κ2) is 7.73. The molecule has 4 rings (SSSR count). The van der Waals surface area contributed by atoms with Gasteiger partial charge in [-0.3, -0.25) is 0 Å². The molecular formula is C19H22N4O3S2. The molecule has 9 heteroatoms. The van der Waals surface area contributed by atoms with Crippen LogP contribution in [0.3, 0.4) is 0 Å². The van der Waals surface area contributed by atoms with Gasteiger partial charge in [-0.05, 0) is 38.0 Å². The van der Waals surface area contributed by atoms with Crippen molar-refractivity contribution in [3.05, 3.63) is 47.7 Å². The highest BCUT2D eigenvalue weighted by atomic mass is 32.2. The smallest absolute Gasteiger partial charge is 0.276 e. The Morgan fingerprint density at radius 2 is 1.93 bits per heavy atom. The van der Waals surface area contributed by atoms with E-state index in [1.807, 2.05) is 36.7 Å². The first kappa shape index (κ1) is 19.2. The maximum Gasteiger partial charge on any atom is 0.276 e. The fourth-order valence-corrected chi connectivity index (χ4v) is 5.49. The van der Waals surface area contributed by atoms with Gasteiger partial charge in [0.15, 0.2) is 11.0 Å². The SMILES string of the molecule is Cc1cccc(-c2nnc(SCc3ccc(S(=O)(=O)N4CCCC4)o3)n2C)c1. The van der Waals surface area contributed by atoms with E-state index in [0.29, 0.717) is 24.6 Å². The van der Waals surface area contributed by atoms with Crippen molar-refractivity contribution in [3.8, 4) is 11.4 Å². The molecule has 2 aromatic heterocycles. The standard InChI is InChI=1S/C19H22N4O3S2/c1-14-6-5-7-15(12-14)18-20-21-19(22(18)2)27-13-16-8-9-17(26-16)28(24,25)23-10-3-4-11-23/h5-9,12H,3-4,10-11,13H2,1-2H3. The largest absolute Gasteiger partial charge is 0.447 e. The lowest BCUT2D eigenvalue weighted by atomic mass is 10.1. The minimum atomic E-state index is -3.52. The number of rotatable bonds is 6. The van der Waals surface area contributed by atoms with Gasteiger partial charge in [0.25, 0.3) is 10.0 Å². The van der Waals surface area contributed by atoms with E-state index in [2.05, 4.69) is 16.3 Å². The third-order valence-corrected chi connectivity index (χ3v) is 7.57. The van der Waals surface area contributed by atoms with Gasteiger partial charge in [0.05, 0.1) is 5.75 Å². The van der Waals surface area contributed by atoms with Crippen LogP contribution in [0.1, 0.15) is 24.2 Å². The Kier molecular flexibility index (Phi) is 5.31. The Morgan fingerprint density at radius 3 is 2.68 bits per heavy atom. The molecule has 0 N–H and O–H groups in total. The number of hydrogen-bond acceptors (Lipinski definition) is 6. The number of nitrogens with zero attached hydrogens (tertiary/aromatic N) is 4. The number of benzene rings is 1. The molecule has 148 valence electrons. The average molecular weight is 419 g/mol. The van der Waals surface area contributed by atoms with Crippen molar-refractivity contribution in [1.82, 2.24) is 19.1 Å². The molecule has 1 aromatic carbocycles. The summed E-state index contributed by atoms with van der Waals surface area (Å²) < 4.78 is 34.2. The van der Waals surface area contributed by atoms with Crippen molar-refractivity contribution >= 4 is 21.8 Å². The van der Waals surface area contributed by atoms with Crippen LogP contribution in [0, 0.1) is 6.92 Å². The molecule has 0 bridgehead atoms. The summed E-state index contributed by atoms with van der Waals surface area (Å²) in [5, 5.41) is 9.32. The average Bonchev–Trinajstić information content (AvgIpc) is 3.42. The quantitative estimate of drug-likeness (QED) is 0.570. The molecule has 1 fully saturated rings. The highest BCUT2D eigenvalue weighted by Crippen LogP contribution is 2.28. The van der Waals surface area contributed by atoms with E-state index in [4.69, 9.17) is 4.42 Å². The summed E-state index contributed by atoms with van der Waals surface area (Å²) in [6.07, 6.45) is 1.80. The molecule has 0 spiro atoms. The van der Waals surface area contributed by atoms with Gasteiger partial charge in [-0.1, -0.05) is 35.5 Å². The Bertz CT molecular complexity index is 1080. The van der Waals surface area contributed by atoms with Crippen LogP contribution in [0.5, 0.6) is 0 Å². The summed E-state index contributed by atoms with van der Waals surface area (Å²) in [6, 6.07) is 11.4. The second-order valence-corrected chi connectivity index (χ2v) is 9.67. The second-order valence-electron chi connectivity index (χ2n) is 6.86. The highest BCUT2D eigenvalue weighted by molar-refractivity contribution is 7.98. The van der Waals surface area contributed by atoms with Gasteiger partial charge in [-0.15, -0.1) is 10.2 Å². The van der Waals surface area contributed by atoms with Crippen molar-refractivity contribution < 1.29 is 12.8 Å². The molecule has 0 radical (unpaired) electrons. The maximum absolute atomic E-state index is 12.6. The lowest BCUT2D eigenvalue weighted by Gasteiger charge is -2.12. The maximum atomic E-state index is 12.6. The summed E-state index contributed by atoms with van der Waals surface area (Å²) in [4.78, 5) is 0. The third-order valence-electron chi connectivity index (χ3n) is 4.75. The van der Waals surface area contributed by atoms with E-state index in [1.165, 1.54) is 16.1 Å². The Labute approximate surface area is 168 Å². The minimum absolute atomic E-state index is 0.0171. The zero-order valence-electron chi connectivity index (χ0n) is 15.8. The normalized spacial score (nSPS) is 15.4. The molecule has 0 unspecified atom stereocenters. The van der Waals surface area contributed by atoms with Crippen molar-refractivity contribution in [2.45, 2.75) is 35.8 Å². The number of hydrogen-bond donors (Lipinski definition) is 0. The number of aromatic nitrogens is 3. The van der Waals surface area contributed by atoms with Crippen LogP contribution in [-0.2, 0) is 22.8 Å². The first-order chi connectivity index (χ1) is 13.4. The van der Waals surface area contributed by atoms with Gasteiger partial charge >= 0.3 is 0 Å². The van der Waals surface area contributed by atoms with Crippen LogP contribution in [0.4, 0.5) is 0 Å². The molecule has 3 aromatic rings. The number of aryl methyl sites for hydroxylation is 1. The van der Waals surface area contributed by atoms with Gasteiger partial charge in [0, 0.05) is 25.7 Å². The highest BCUT2D eigenvalue weighted by Gasteiger charge is 2.30. The third kappa shape index (κ3) is 3.74. The molecular weight excluding hydrogens is 396 g/mol. The van der Waals surface area contributed by atoms with Crippen LogP contribution in [0.25, 0.3) is 11.4 Å². The molecule has 28 heavy (non-hydrogen) atoms. The van der Waals surface area contributed by atoms with Crippen LogP contribution in [0.15, 0.2) is 51.1 Å². The van der Waals surface area contributed by atoms with Crippen molar-refractivity contribution in [2.24, 2.45) is 7.05 Å². The van der Waals surface area contributed by atoms with Crippen LogP contribution in [-0.4, -0.2) is 40.6 Å². The Morgan fingerprint density at radius 1 is 1.14 bits per heavy atom. The fraction of sp³-hybridized carbons (Fsp3) is 0.368. The summed E-state index contributed by atoms with van der Waals surface area (Å²) >= 11 is 1.46. The summed E-state index contributed by atoms with van der Waals surface area (Å²) in [5.41, 5.74) is 2.18. The first-order valence-corrected chi connectivity index (χ1v) is 11.6. The minimum Gasteiger partial charge on any atom is -0.447 e. The summed E-state index contributed by atoms with van der Waals surface area (Å²) in [5.74, 6) is 1.88. The molecule has 3 heterocycles. The first-order valence-electron chi connectivity index (χ1n) is 9.13. The van der Waals surface area contributed by atoms with Gasteiger partial charge in [-0.25, -0.2) is 8.42 Å². The van der Waals surface area contributed by atoms with Gasteiger partial charge in [-0.2, -0.15) is 4.31 Å². The Balaban J connectivity index is 1.47. The van der Waals surface area contributed by atoms with Gasteiger partial charge in [0.1, 0.15) is 5.76 Å². The zero-order valence-corrected chi connectivity index (χ0v) is 17.5. The van der Waals surface area contributed by atoms with E-state index in [0.717, 1.165) is 34.9 Å². The topological polar surface area (TPSA) is 81.2 Å². The molecule has 1 aliphatic heterocycles. The van der Waals surface area contributed by atoms with E-state index in [-0.39, 0.29) is 5.09 Å². The lowest BCUT2D eigenvalue weighted by Crippen LogP contribution is -2.27. The van der Waals surface area contributed by atoms with Crippen LogP contribution in [0.2, 0.25) is 0 Å². The van der Waals surface area contributed by atoms with Gasteiger partial charge < -0.3 is 8.98 Å². The summed E-state index contributed by atoms with van der Waals surface area (Å²) in [6.45, 7) is 3.17. The van der Waals surface area contributed by atoms with E-state index in [1.54, 1.807) is 12.1 Å². The molecule has 0 saturated carbocycles. The van der Waals surface area contributed by atoms with Crippen molar-refractivity contribution in [1.29, 1.82) is 0 Å². The molecule has 1 saturated heterocycles. The molecule has 0 atom stereocenters. The molecule has 0 aliphatic carbocycles. The van der Waals surface area contributed by atoms with Crippen molar-refractivity contribution in [3.63, 3.8) is 0 Å². The molecule has 1 aliphatic rings. The predicted octanol–water partition coefficient (Wildman–Crippen LogP) is 3.46. The summed E-state index contributed by atoms with van der Waals surface area (Å²) in [7, 11) is -1.60. The van der Waals surface area contributed by atoms with E-state index >= 15 is 0 Å². The van der Waals surface area contributed by atoms with Crippen LogP contribution < -0.4 is 0 Å². The van der Waals surface area contributed by atoms with Gasteiger partial charge in [0.2, 0.25) is 5.09 Å². The zero-order chi connectivity index (χ0) is 19.7. The van der Waals surface area contributed by atoms with E-state index in [9.17, 15) is 8.42 Å². The van der Waals surface area contributed by atoms with Crippen LogP contribution >= 0.6 is 11.8 Å². The number of thioether (sulfide) groups is 1. The molecule has 0 amide bonds. The Hall–Kier alpha value is -2.10. The van der Waals surface area contributed by atoms with E-state index < -0.39 is 10.0 Å². The number of furan rings is 1. The fourth-order valence-electron chi connectivity index (χ4n) is 3.24. The van der Waals surface area contributed by atoms with Crippen molar-refractivity contribution in [2.75, 3.05) is 13.1 Å². The predicted molar refractivity (Wildman–Crippen MR) is 107 cm³/mol. The molecule has 7 nitrogen and oxygen atoms in total.